The quantitative estimate of drug-likeness (QED) is 0.894. The first kappa shape index (κ1) is 14.9. The fourth-order valence-corrected chi connectivity index (χ4v) is 2.13. The van der Waals surface area contributed by atoms with E-state index in [0.717, 1.165) is 31.6 Å². The molecule has 0 bridgehead atoms. The molecule has 2 N–H and O–H groups in total. The monoisotopic (exact) mass is 289 g/mol. The molecule has 1 unspecified atom stereocenters. The van der Waals surface area contributed by atoms with E-state index < -0.39 is 11.7 Å². The van der Waals surface area contributed by atoms with Crippen LogP contribution in [0.2, 0.25) is 0 Å². The summed E-state index contributed by atoms with van der Waals surface area (Å²) >= 11 is 0. The minimum Gasteiger partial charge on any atom is -0.381 e. The lowest BCUT2D eigenvalue weighted by Gasteiger charge is -2.22. The fourth-order valence-electron chi connectivity index (χ4n) is 2.13. The number of hydrogen-bond acceptors (Lipinski definition) is 4. The van der Waals surface area contributed by atoms with Crippen molar-refractivity contribution in [1.29, 1.82) is 0 Å². The van der Waals surface area contributed by atoms with Gasteiger partial charge in [0.2, 0.25) is 0 Å². The third-order valence-corrected chi connectivity index (χ3v) is 3.24. The Kier molecular flexibility index (Phi) is 4.69. The highest BCUT2D eigenvalue weighted by Gasteiger charge is 2.31. The Hall–Kier alpha value is -1.50. The van der Waals surface area contributed by atoms with E-state index in [9.17, 15) is 13.2 Å². The number of rotatable bonds is 4. The molecule has 2 heterocycles. The zero-order chi connectivity index (χ0) is 14.6. The van der Waals surface area contributed by atoms with Crippen LogP contribution in [0.3, 0.4) is 0 Å². The molecule has 1 aromatic rings. The van der Waals surface area contributed by atoms with Crippen LogP contribution in [0.5, 0.6) is 0 Å². The summed E-state index contributed by atoms with van der Waals surface area (Å²) < 4.78 is 43.7. The maximum absolute atomic E-state index is 12.8. The molecule has 2 rings (SSSR count). The predicted octanol–water partition coefficient (Wildman–Crippen LogP) is 2.98. The van der Waals surface area contributed by atoms with Crippen molar-refractivity contribution in [2.75, 3.05) is 37.4 Å². The molecule has 1 atom stereocenters. The minimum absolute atomic E-state index is 0.196. The van der Waals surface area contributed by atoms with Gasteiger partial charge in [0.15, 0.2) is 0 Å². The van der Waals surface area contributed by atoms with Crippen LogP contribution in [-0.2, 0) is 10.9 Å². The zero-order valence-corrected chi connectivity index (χ0v) is 11.3. The number of aromatic nitrogens is 1. The van der Waals surface area contributed by atoms with Gasteiger partial charge in [-0.3, -0.25) is 0 Å². The molecule has 0 radical (unpaired) electrons. The van der Waals surface area contributed by atoms with Gasteiger partial charge in [-0.25, -0.2) is 4.98 Å². The summed E-state index contributed by atoms with van der Waals surface area (Å²) in [6, 6.07) is 2.03. The first-order valence-corrected chi connectivity index (χ1v) is 6.57. The first-order chi connectivity index (χ1) is 9.49. The molecule has 0 spiro atoms. The normalized spacial score (nSPS) is 19.7. The number of alkyl halides is 3. The van der Waals surface area contributed by atoms with Crippen molar-refractivity contribution in [3.05, 3.63) is 17.7 Å². The third-order valence-electron chi connectivity index (χ3n) is 3.24. The van der Waals surface area contributed by atoms with Crippen molar-refractivity contribution < 1.29 is 17.9 Å². The van der Waals surface area contributed by atoms with Crippen LogP contribution in [0.25, 0.3) is 0 Å². The molecule has 0 aliphatic carbocycles. The van der Waals surface area contributed by atoms with Gasteiger partial charge in [-0.15, -0.1) is 0 Å². The predicted molar refractivity (Wildman–Crippen MR) is 70.8 cm³/mol. The van der Waals surface area contributed by atoms with E-state index in [2.05, 4.69) is 15.6 Å². The number of ether oxygens (including phenoxy) is 1. The Bertz CT molecular complexity index is 445. The summed E-state index contributed by atoms with van der Waals surface area (Å²) in [5, 5.41) is 5.61. The number of halogens is 3. The van der Waals surface area contributed by atoms with Crippen LogP contribution in [-0.4, -0.2) is 31.8 Å². The number of pyridine rings is 1. The Morgan fingerprint density at radius 1 is 1.35 bits per heavy atom. The highest BCUT2D eigenvalue weighted by atomic mass is 19.4. The molecule has 0 amide bonds. The molecule has 4 nitrogen and oxygen atoms in total. The van der Waals surface area contributed by atoms with Gasteiger partial charge in [0.1, 0.15) is 11.6 Å². The van der Waals surface area contributed by atoms with Gasteiger partial charge >= 0.3 is 6.18 Å². The van der Waals surface area contributed by atoms with Crippen LogP contribution in [0.1, 0.15) is 18.4 Å². The summed E-state index contributed by atoms with van der Waals surface area (Å²) in [6.45, 7) is 1.98. The van der Waals surface area contributed by atoms with E-state index in [1.54, 1.807) is 7.05 Å². The standard InChI is InChI=1S/C13H18F3N3O/c1-17-11-5-10(13(14,15)16)6-12(19-11)18-7-9-3-2-4-20-8-9/h5-6,9H,2-4,7-8H2,1H3,(H2,17,18,19). The highest BCUT2D eigenvalue weighted by molar-refractivity contribution is 5.49. The van der Waals surface area contributed by atoms with Gasteiger partial charge in [-0.05, 0) is 30.9 Å². The average molecular weight is 289 g/mol. The van der Waals surface area contributed by atoms with Gasteiger partial charge < -0.3 is 15.4 Å². The lowest BCUT2D eigenvalue weighted by Crippen LogP contribution is -2.24. The summed E-state index contributed by atoms with van der Waals surface area (Å²) in [4.78, 5) is 4.09. The maximum atomic E-state index is 12.8. The SMILES string of the molecule is CNc1cc(C(F)(F)F)cc(NCC2CCCOC2)n1. The topological polar surface area (TPSA) is 46.2 Å². The van der Waals surface area contributed by atoms with Crippen molar-refractivity contribution in [3.8, 4) is 0 Å². The first-order valence-electron chi connectivity index (χ1n) is 6.57. The molecule has 20 heavy (non-hydrogen) atoms. The molecule has 1 saturated heterocycles. The zero-order valence-electron chi connectivity index (χ0n) is 11.3. The van der Waals surface area contributed by atoms with Gasteiger partial charge in [0.05, 0.1) is 12.2 Å². The van der Waals surface area contributed by atoms with Crippen molar-refractivity contribution in [3.63, 3.8) is 0 Å². The largest absolute Gasteiger partial charge is 0.416 e. The van der Waals surface area contributed by atoms with E-state index in [-0.39, 0.29) is 11.6 Å². The smallest absolute Gasteiger partial charge is 0.381 e. The fraction of sp³-hybridized carbons (Fsp3) is 0.615. The molecule has 0 saturated carbocycles. The van der Waals surface area contributed by atoms with Crippen molar-refractivity contribution in [2.24, 2.45) is 5.92 Å². The van der Waals surface area contributed by atoms with Crippen LogP contribution < -0.4 is 10.6 Å². The van der Waals surface area contributed by atoms with Gasteiger partial charge in [0, 0.05) is 20.2 Å². The Balaban J connectivity index is 2.06. The molecule has 1 aliphatic heterocycles. The van der Waals surface area contributed by atoms with Gasteiger partial charge in [-0.1, -0.05) is 0 Å². The van der Waals surface area contributed by atoms with Crippen LogP contribution in [0.4, 0.5) is 24.8 Å². The Morgan fingerprint density at radius 3 is 2.70 bits per heavy atom. The lowest BCUT2D eigenvalue weighted by atomic mass is 10.0. The van der Waals surface area contributed by atoms with E-state index in [1.807, 2.05) is 0 Å². The maximum Gasteiger partial charge on any atom is 0.416 e. The highest BCUT2D eigenvalue weighted by Crippen LogP contribution is 2.32. The third kappa shape index (κ3) is 4.00. The second-order valence-electron chi connectivity index (χ2n) is 4.84. The molecule has 0 aromatic carbocycles. The summed E-state index contributed by atoms with van der Waals surface area (Å²) in [5.74, 6) is 0.745. The number of hydrogen-bond donors (Lipinski definition) is 2. The van der Waals surface area contributed by atoms with Crippen molar-refractivity contribution in [1.82, 2.24) is 4.98 Å². The van der Waals surface area contributed by atoms with Gasteiger partial charge in [0.25, 0.3) is 0 Å². The lowest BCUT2D eigenvalue weighted by molar-refractivity contribution is -0.137. The summed E-state index contributed by atoms with van der Waals surface area (Å²) in [6.07, 6.45) is -2.37. The molecule has 1 aliphatic rings. The van der Waals surface area contributed by atoms with Crippen LogP contribution in [0, 0.1) is 5.92 Å². The van der Waals surface area contributed by atoms with E-state index >= 15 is 0 Å². The van der Waals surface area contributed by atoms with Gasteiger partial charge in [-0.2, -0.15) is 13.2 Å². The minimum atomic E-state index is -4.38. The molecule has 1 aromatic heterocycles. The van der Waals surface area contributed by atoms with E-state index in [0.29, 0.717) is 19.1 Å². The number of nitrogens with zero attached hydrogens (tertiary/aromatic N) is 1. The van der Waals surface area contributed by atoms with E-state index in [1.165, 1.54) is 0 Å². The summed E-state index contributed by atoms with van der Waals surface area (Å²) in [5.41, 5.74) is -0.709. The molecular weight excluding hydrogens is 271 g/mol. The number of anilines is 2. The molecule has 112 valence electrons. The average Bonchev–Trinajstić information content (AvgIpc) is 2.45. The molecule has 1 fully saturated rings. The molecular formula is C13H18F3N3O. The van der Waals surface area contributed by atoms with E-state index in [4.69, 9.17) is 4.74 Å². The molecule has 7 heteroatoms. The number of nitrogens with one attached hydrogen (secondary N) is 2. The summed E-state index contributed by atoms with van der Waals surface area (Å²) in [7, 11) is 1.54. The van der Waals surface area contributed by atoms with Crippen molar-refractivity contribution >= 4 is 11.6 Å². The second kappa shape index (κ2) is 6.30. The van der Waals surface area contributed by atoms with Crippen LogP contribution in [0.15, 0.2) is 12.1 Å². The van der Waals surface area contributed by atoms with Crippen LogP contribution >= 0.6 is 0 Å². The van der Waals surface area contributed by atoms with Crippen molar-refractivity contribution in [2.45, 2.75) is 19.0 Å². The second-order valence-corrected chi connectivity index (χ2v) is 4.84. The Morgan fingerprint density at radius 2 is 2.10 bits per heavy atom. The Labute approximate surface area is 115 Å².